The van der Waals surface area contributed by atoms with Crippen molar-refractivity contribution in [1.82, 2.24) is 4.98 Å². The number of nitrogens with zero attached hydrogens (tertiary/aromatic N) is 1. The zero-order valence-electron chi connectivity index (χ0n) is 21.1. The van der Waals surface area contributed by atoms with Crippen LogP contribution in [-0.4, -0.2) is 30.5 Å². The normalized spacial score (nSPS) is 14.2. The number of pyridine rings is 1. The van der Waals surface area contributed by atoms with Crippen LogP contribution in [0, 0.1) is 5.92 Å². The lowest BCUT2D eigenvalue weighted by molar-refractivity contribution is -0.141. The summed E-state index contributed by atoms with van der Waals surface area (Å²) in [5.74, 6) is -1.45. The summed E-state index contributed by atoms with van der Waals surface area (Å²) in [7, 11) is 1.23. The van der Waals surface area contributed by atoms with E-state index in [1.54, 1.807) is 30.3 Å². The average Bonchev–Trinajstić information content (AvgIpc) is 3.77. The molecule has 0 unspecified atom stereocenters. The molecule has 1 fully saturated rings. The van der Waals surface area contributed by atoms with Crippen LogP contribution < -0.4 is 10.5 Å². The molecule has 0 amide bonds. The topological polar surface area (TPSA) is 91.5 Å². The Bertz CT molecular complexity index is 1500. The van der Waals surface area contributed by atoms with Gasteiger partial charge in [0.15, 0.2) is 11.5 Å². The third-order valence-corrected chi connectivity index (χ3v) is 6.73. The van der Waals surface area contributed by atoms with Crippen molar-refractivity contribution < 1.29 is 32.2 Å². The summed E-state index contributed by atoms with van der Waals surface area (Å²) < 4.78 is 52.0. The van der Waals surface area contributed by atoms with Crippen LogP contribution in [0.3, 0.4) is 0 Å². The van der Waals surface area contributed by atoms with Gasteiger partial charge >= 0.3 is 12.1 Å². The SMILES string of the molecule is COC(=O)c1cccc(/C=C/c2ccc(OCC(C(=O)C3CC3)=C(N)c3c(Cl)cccc3Cl)nc2C(F)(F)F)c1. The van der Waals surface area contributed by atoms with Gasteiger partial charge in [-0.3, -0.25) is 4.79 Å². The largest absolute Gasteiger partial charge is 0.473 e. The maximum absolute atomic E-state index is 13.9. The number of nitrogens with two attached hydrogens (primary N) is 1. The third kappa shape index (κ3) is 6.84. The summed E-state index contributed by atoms with van der Waals surface area (Å²) in [6.07, 6.45) is -0.810. The van der Waals surface area contributed by atoms with Gasteiger partial charge in [-0.1, -0.05) is 53.6 Å². The molecule has 1 heterocycles. The number of Topliss-reactive ketones (excluding diaryl/α,β-unsaturated/α-hetero) is 1. The van der Waals surface area contributed by atoms with Crippen molar-refractivity contribution >= 4 is 52.8 Å². The van der Waals surface area contributed by atoms with Crippen molar-refractivity contribution in [3.05, 3.63) is 98.2 Å². The van der Waals surface area contributed by atoms with Gasteiger partial charge in [-0.2, -0.15) is 13.2 Å². The fraction of sp³-hybridized carbons (Fsp3) is 0.207. The van der Waals surface area contributed by atoms with Crippen molar-refractivity contribution in [2.24, 2.45) is 11.7 Å². The summed E-state index contributed by atoms with van der Waals surface area (Å²) >= 11 is 12.5. The molecule has 0 radical (unpaired) electrons. The molecule has 1 aliphatic carbocycles. The van der Waals surface area contributed by atoms with Gasteiger partial charge in [-0.15, -0.1) is 0 Å². The van der Waals surface area contributed by atoms with Gasteiger partial charge in [0.2, 0.25) is 5.88 Å². The number of carbonyl (C=O) groups is 2. The molecule has 0 bridgehead atoms. The van der Waals surface area contributed by atoms with E-state index in [-0.39, 0.29) is 55.6 Å². The van der Waals surface area contributed by atoms with E-state index in [9.17, 15) is 22.8 Å². The number of hydrogen-bond donors (Lipinski definition) is 1. The summed E-state index contributed by atoms with van der Waals surface area (Å²) in [6, 6.07) is 13.4. The number of hydrogen-bond acceptors (Lipinski definition) is 6. The minimum absolute atomic E-state index is 0.00252. The summed E-state index contributed by atoms with van der Waals surface area (Å²) in [5, 5.41) is 0.439. The average molecular weight is 591 g/mol. The molecule has 1 aliphatic rings. The second-order valence-corrected chi connectivity index (χ2v) is 9.77. The predicted molar refractivity (Wildman–Crippen MR) is 147 cm³/mol. The first-order valence-corrected chi connectivity index (χ1v) is 12.8. The zero-order chi connectivity index (χ0) is 29.0. The lowest BCUT2D eigenvalue weighted by Crippen LogP contribution is -2.19. The Hall–Kier alpha value is -3.82. The Morgan fingerprint density at radius 3 is 2.35 bits per heavy atom. The highest BCUT2D eigenvalue weighted by atomic mass is 35.5. The number of ether oxygens (including phenoxy) is 2. The quantitative estimate of drug-likeness (QED) is 0.211. The van der Waals surface area contributed by atoms with Crippen LogP contribution in [0.1, 0.15) is 45.6 Å². The standard InChI is InChI=1S/C29H23Cl2F3N2O4/c1-39-28(38)19-5-2-4-16(14-19)8-9-18-12-13-23(36-27(18)29(32,33)34)40-15-20(26(37)17-10-11-17)25(35)24-21(30)6-3-7-22(24)31/h2-9,12-14,17H,10-11,15,35H2,1H3/b9-8+,25-20?. The number of aromatic nitrogens is 1. The lowest BCUT2D eigenvalue weighted by atomic mass is 10.0. The molecule has 1 aromatic heterocycles. The van der Waals surface area contributed by atoms with E-state index in [1.165, 1.54) is 43.5 Å². The second-order valence-electron chi connectivity index (χ2n) is 8.95. The molecular formula is C29H23Cl2F3N2O4. The molecule has 40 heavy (non-hydrogen) atoms. The minimum Gasteiger partial charge on any atom is -0.473 e. The molecule has 11 heteroatoms. The van der Waals surface area contributed by atoms with Crippen LogP contribution in [0.2, 0.25) is 10.0 Å². The van der Waals surface area contributed by atoms with Crippen LogP contribution in [0.5, 0.6) is 5.88 Å². The highest BCUT2D eigenvalue weighted by Gasteiger charge is 2.36. The summed E-state index contributed by atoms with van der Waals surface area (Å²) in [5.41, 5.74) is 5.93. The third-order valence-electron chi connectivity index (χ3n) is 6.10. The van der Waals surface area contributed by atoms with Gasteiger partial charge in [-0.05, 0) is 48.7 Å². The summed E-state index contributed by atoms with van der Waals surface area (Å²) in [4.78, 5) is 28.4. The molecule has 0 saturated heterocycles. The number of ketones is 1. The Morgan fingerprint density at radius 1 is 1.05 bits per heavy atom. The molecule has 1 saturated carbocycles. The second kappa shape index (κ2) is 12.1. The highest BCUT2D eigenvalue weighted by molar-refractivity contribution is 6.37. The number of methoxy groups -OCH3 is 1. The Labute approximate surface area is 238 Å². The minimum atomic E-state index is -4.81. The monoisotopic (exact) mass is 590 g/mol. The molecule has 2 aromatic carbocycles. The molecule has 0 spiro atoms. The van der Waals surface area contributed by atoms with Gasteiger partial charge in [0.1, 0.15) is 6.61 Å². The van der Waals surface area contributed by atoms with E-state index >= 15 is 0 Å². The molecule has 208 valence electrons. The number of esters is 1. The van der Waals surface area contributed by atoms with E-state index in [2.05, 4.69) is 9.72 Å². The Morgan fingerprint density at radius 2 is 1.73 bits per heavy atom. The number of benzene rings is 2. The molecule has 0 aliphatic heterocycles. The zero-order valence-corrected chi connectivity index (χ0v) is 22.6. The Kier molecular flexibility index (Phi) is 8.85. The molecule has 3 aromatic rings. The Balaban J connectivity index is 1.63. The van der Waals surface area contributed by atoms with Crippen molar-refractivity contribution in [1.29, 1.82) is 0 Å². The van der Waals surface area contributed by atoms with Crippen LogP contribution in [-0.2, 0) is 15.7 Å². The summed E-state index contributed by atoms with van der Waals surface area (Å²) in [6.45, 7) is -0.428. The van der Waals surface area contributed by atoms with Gasteiger partial charge in [-0.25, -0.2) is 9.78 Å². The van der Waals surface area contributed by atoms with Gasteiger partial charge in [0.25, 0.3) is 0 Å². The number of carbonyl (C=O) groups excluding carboxylic acids is 2. The maximum atomic E-state index is 13.9. The maximum Gasteiger partial charge on any atom is 0.434 e. The van der Waals surface area contributed by atoms with Crippen LogP contribution in [0.15, 0.2) is 60.2 Å². The fourth-order valence-electron chi connectivity index (χ4n) is 3.89. The smallest absolute Gasteiger partial charge is 0.434 e. The van der Waals surface area contributed by atoms with Crippen molar-refractivity contribution in [2.75, 3.05) is 13.7 Å². The van der Waals surface area contributed by atoms with E-state index in [0.717, 1.165) is 0 Å². The first-order chi connectivity index (χ1) is 19.0. The predicted octanol–water partition coefficient (Wildman–Crippen LogP) is 7.09. The first-order valence-electron chi connectivity index (χ1n) is 12.0. The molecular weight excluding hydrogens is 568 g/mol. The van der Waals surface area contributed by atoms with Crippen LogP contribution >= 0.6 is 23.2 Å². The van der Waals surface area contributed by atoms with Crippen molar-refractivity contribution in [3.63, 3.8) is 0 Å². The molecule has 4 rings (SSSR count). The van der Waals surface area contributed by atoms with Gasteiger partial charge in [0, 0.05) is 23.1 Å². The lowest BCUT2D eigenvalue weighted by Gasteiger charge is -2.16. The molecule has 2 N–H and O–H groups in total. The fourth-order valence-corrected chi connectivity index (χ4v) is 4.49. The van der Waals surface area contributed by atoms with Crippen molar-refractivity contribution in [2.45, 2.75) is 19.0 Å². The van der Waals surface area contributed by atoms with E-state index < -0.39 is 24.4 Å². The van der Waals surface area contributed by atoms with Gasteiger partial charge in [0.05, 0.1) is 34.0 Å². The van der Waals surface area contributed by atoms with E-state index in [1.807, 2.05) is 0 Å². The number of halogens is 5. The first kappa shape index (κ1) is 29.2. The van der Waals surface area contributed by atoms with Crippen molar-refractivity contribution in [3.8, 4) is 5.88 Å². The number of rotatable bonds is 9. The van der Waals surface area contributed by atoms with E-state index in [0.29, 0.717) is 18.4 Å². The molecule has 6 nitrogen and oxygen atoms in total. The molecule has 0 atom stereocenters. The van der Waals surface area contributed by atoms with Crippen LogP contribution in [0.25, 0.3) is 17.8 Å². The van der Waals surface area contributed by atoms with Gasteiger partial charge < -0.3 is 15.2 Å². The van der Waals surface area contributed by atoms with Crippen LogP contribution in [0.4, 0.5) is 13.2 Å². The van der Waals surface area contributed by atoms with E-state index in [4.69, 9.17) is 33.7 Å². The highest BCUT2D eigenvalue weighted by Crippen LogP contribution is 2.37. The number of alkyl halides is 3.